The van der Waals surface area contributed by atoms with Crippen LogP contribution in [0.15, 0.2) is 12.2 Å². The second-order valence-corrected chi connectivity index (χ2v) is 4.71. The quantitative estimate of drug-likeness (QED) is 0.373. The Morgan fingerprint density at radius 1 is 1.60 bits per heavy atom. The van der Waals surface area contributed by atoms with Crippen molar-refractivity contribution in [1.29, 1.82) is 0 Å². The number of hydrogen-bond donors (Lipinski definition) is 2. The molecule has 0 aromatic carbocycles. The monoisotopic (exact) mass is 237 g/mol. The third kappa shape index (κ3) is 8.10. The van der Waals surface area contributed by atoms with Crippen LogP contribution < -0.4 is 5.73 Å². The first kappa shape index (κ1) is 14.1. The van der Waals surface area contributed by atoms with Gasteiger partial charge in [-0.05, 0) is 13.3 Å². The van der Waals surface area contributed by atoms with E-state index in [9.17, 15) is 13.2 Å². The number of ether oxygens (including phenoxy) is 1. The second kappa shape index (κ2) is 5.84. The normalized spacial score (nSPS) is 13.3. The molecular weight excluding hydrogens is 222 g/mol. The van der Waals surface area contributed by atoms with Crippen molar-refractivity contribution in [3.8, 4) is 0 Å². The summed E-state index contributed by atoms with van der Waals surface area (Å²) in [5.41, 5.74) is 5.63. The lowest BCUT2D eigenvalue weighted by Crippen LogP contribution is -2.30. The Kier molecular flexibility index (Phi) is 5.48. The molecule has 3 N–H and O–H groups in total. The minimum absolute atomic E-state index is 0.00236. The van der Waals surface area contributed by atoms with Crippen molar-refractivity contribution in [2.45, 2.75) is 19.4 Å². The Morgan fingerprint density at radius 2 is 2.13 bits per heavy atom. The first-order chi connectivity index (χ1) is 6.72. The SMILES string of the molecule is C=C(C)C(=O)OCCC(N)CS(=O)(=O)O. The Labute approximate surface area is 88.8 Å². The Morgan fingerprint density at radius 3 is 2.53 bits per heavy atom. The molecule has 0 aromatic heterocycles. The number of esters is 1. The molecule has 0 aromatic rings. The molecule has 6 nitrogen and oxygen atoms in total. The third-order valence-corrected chi connectivity index (χ3v) is 2.34. The maximum Gasteiger partial charge on any atom is 0.333 e. The first-order valence-corrected chi connectivity index (χ1v) is 5.86. The van der Waals surface area contributed by atoms with Gasteiger partial charge in [-0.15, -0.1) is 0 Å². The maximum absolute atomic E-state index is 10.9. The lowest BCUT2D eigenvalue weighted by atomic mass is 10.3. The van der Waals surface area contributed by atoms with Gasteiger partial charge >= 0.3 is 5.97 Å². The highest BCUT2D eigenvalue weighted by Crippen LogP contribution is 1.97. The summed E-state index contributed by atoms with van der Waals surface area (Å²) in [4.78, 5) is 10.9. The van der Waals surface area contributed by atoms with Gasteiger partial charge in [0.15, 0.2) is 0 Å². The Balaban J connectivity index is 3.78. The van der Waals surface area contributed by atoms with Crippen LogP contribution in [0.5, 0.6) is 0 Å². The summed E-state index contributed by atoms with van der Waals surface area (Å²) in [6, 6.07) is -0.752. The molecule has 0 spiro atoms. The standard InChI is InChI=1S/C8H15NO5S/c1-6(2)8(10)14-4-3-7(9)5-15(11,12)13/h7H,1,3-5,9H2,2H3,(H,11,12,13). The summed E-state index contributed by atoms with van der Waals surface area (Å²) in [6.45, 7) is 4.87. The van der Waals surface area contributed by atoms with Crippen LogP contribution in [-0.2, 0) is 19.6 Å². The van der Waals surface area contributed by atoms with Gasteiger partial charge in [0.05, 0.1) is 12.4 Å². The molecule has 0 rings (SSSR count). The van der Waals surface area contributed by atoms with Crippen LogP contribution in [-0.4, -0.2) is 37.3 Å². The summed E-state index contributed by atoms with van der Waals surface area (Å²) in [5.74, 6) is -1.09. The van der Waals surface area contributed by atoms with E-state index in [1.54, 1.807) is 0 Å². The van der Waals surface area contributed by atoms with Crippen LogP contribution in [0.25, 0.3) is 0 Å². The number of rotatable bonds is 6. The van der Waals surface area contributed by atoms with E-state index in [4.69, 9.17) is 15.0 Å². The summed E-state index contributed by atoms with van der Waals surface area (Å²) < 4.78 is 34.0. The van der Waals surface area contributed by atoms with Gasteiger partial charge in [0, 0.05) is 11.6 Å². The molecule has 0 aliphatic rings. The molecule has 0 radical (unpaired) electrons. The molecule has 7 heteroatoms. The van der Waals surface area contributed by atoms with Gasteiger partial charge in [-0.25, -0.2) is 4.79 Å². The van der Waals surface area contributed by atoms with Crippen molar-refractivity contribution >= 4 is 16.1 Å². The fourth-order valence-electron chi connectivity index (χ4n) is 0.780. The minimum Gasteiger partial charge on any atom is -0.462 e. The van der Waals surface area contributed by atoms with Gasteiger partial charge in [0.2, 0.25) is 0 Å². The van der Waals surface area contributed by atoms with E-state index in [1.807, 2.05) is 0 Å². The van der Waals surface area contributed by atoms with Crippen molar-refractivity contribution in [1.82, 2.24) is 0 Å². The third-order valence-electron chi connectivity index (χ3n) is 1.49. The van der Waals surface area contributed by atoms with Crippen LogP contribution in [0.4, 0.5) is 0 Å². The zero-order chi connectivity index (χ0) is 12.1. The van der Waals surface area contributed by atoms with Gasteiger partial charge in [0.25, 0.3) is 10.1 Å². The highest BCUT2D eigenvalue weighted by Gasteiger charge is 2.13. The van der Waals surface area contributed by atoms with Crippen molar-refractivity contribution in [2.24, 2.45) is 5.73 Å². The molecule has 0 fully saturated rings. The van der Waals surface area contributed by atoms with Crippen molar-refractivity contribution in [2.75, 3.05) is 12.4 Å². The summed E-state index contributed by atoms with van der Waals surface area (Å²) in [5, 5.41) is 0. The predicted molar refractivity (Wildman–Crippen MR) is 54.8 cm³/mol. The molecule has 0 heterocycles. The van der Waals surface area contributed by atoms with E-state index in [2.05, 4.69) is 6.58 Å². The Bertz CT molecular complexity index is 335. The average Bonchev–Trinajstić information content (AvgIpc) is 2.00. The lowest BCUT2D eigenvalue weighted by Gasteiger charge is -2.09. The molecule has 88 valence electrons. The molecule has 1 atom stereocenters. The number of carbonyl (C=O) groups excluding carboxylic acids is 1. The van der Waals surface area contributed by atoms with Crippen molar-refractivity contribution in [3.05, 3.63) is 12.2 Å². The molecule has 0 aliphatic carbocycles. The maximum atomic E-state index is 10.9. The molecule has 0 aliphatic heterocycles. The van der Waals surface area contributed by atoms with Crippen molar-refractivity contribution < 1.29 is 22.5 Å². The highest BCUT2D eigenvalue weighted by molar-refractivity contribution is 7.85. The Hall–Kier alpha value is -0.920. The van der Waals surface area contributed by atoms with E-state index in [0.717, 1.165) is 0 Å². The molecule has 15 heavy (non-hydrogen) atoms. The number of nitrogens with two attached hydrogens (primary N) is 1. The summed E-state index contributed by atoms with van der Waals surface area (Å²) >= 11 is 0. The van der Waals surface area contributed by atoms with Gasteiger partial charge in [-0.2, -0.15) is 8.42 Å². The van der Waals surface area contributed by atoms with E-state index in [-0.39, 0.29) is 18.6 Å². The fraction of sp³-hybridized carbons (Fsp3) is 0.625. The average molecular weight is 237 g/mol. The molecule has 0 bridgehead atoms. The lowest BCUT2D eigenvalue weighted by molar-refractivity contribution is -0.139. The highest BCUT2D eigenvalue weighted by atomic mass is 32.2. The largest absolute Gasteiger partial charge is 0.462 e. The van der Waals surface area contributed by atoms with E-state index >= 15 is 0 Å². The molecule has 1 unspecified atom stereocenters. The van der Waals surface area contributed by atoms with Crippen LogP contribution in [0.2, 0.25) is 0 Å². The van der Waals surface area contributed by atoms with E-state index < -0.39 is 27.9 Å². The first-order valence-electron chi connectivity index (χ1n) is 4.25. The van der Waals surface area contributed by atoms with Crippen LogP contribution in [0, 0.1) is 0 Å². The van der Waals surface area contributed by atoms with E-state index in [0.29, 0.717) is 0 Å². The van der Waals surface area contributed by atoms with Gasteiger partial charge in [-0.1, -0.05) is 6.58 Å². The second-order valence-electron chi connectivity index (χ2n) is 3.21. The fourth-order valence-corrected chi connectivity index (χ4v) is 1.49. The topological polar surface area (TPSA) is 107 Å². The molecule has 0 saturated heterocycles. The van der Waals surface area contributed by atoms with E-state index in [1.165, 1.54) is 6.92 Å². The minimum atomic E-state index is -4.07. The summed E-state index contributed by atoms with van der Waals surface area (Å²) in [7, 11) is -4.07. The molecule has 0 saturated carbocycles. The zero-order valence-corrected chi connectivity index (χ0v) is 9.29. The molecule has 0 amide bonds. The summed E-state index contributed by atoms with van der Waals surface area (Å²) in [6.07, 6.45) is 0.165. The van der Waals surface area contributed by atoms with Crippen LogP contribution in [0.3, 0.4) is 0 Å². The zero-order valence-electron chi connectivity index (χ0n) is 8.47. The van der Waals surface area contributed by atoms with Gasteiger partial charge < -0.3 is 10.5 Å². The smallest absolute Gasteiger partial charge is 0.333 e. The predicted octanol–water partition coefficient (Wildman–Crippen LogP) is -0.289. The van der Waals surface area contributed by atoms with Crippen molar-refractivity contribution in [3.63, 3.8) is 0 Å². The van der Waals surface area contributed by atoms with Crippen LogP contribution >= 0.6 is 0 Å². The number of carbonyl (C=O) groups is 1. The van der Waals surface area contributed by atoms with Crippen LogP contribution in [0.1, 0.15) is 13.3 Å². The molecular formula is C8H15NO5S. The van der Waals surface area contributed by atoms with Gasteiger partial charge in [0.1, 0.15) is 0 Å². The van der Waals surface area contributed by atoms with Gasteiger partial charge in [-0.3, -0.25) is 4.55 Å². The number of hydrogen-bond acceptors (Lipinski definition) is 5.